The Kier molecular flexibility index (Phi) is 5.95. The van der Waals surface area contributed by atoms with Gasteiger partial charge in [-0.2, -0.15) is 0 Å². The van der Waals surface area contributed by atoms with Crippen LogP contribution in [0.4, 0.5) is 0 Å². The third-order valence-corrected chi connectivity index (χ3v) is 6.02. The highest BCUT2D eigenvalue weighted by Gasteiger charge is 2.44. The van der Waals surface area contributed by atoms with E-state index < -0.39 is 0 Å². The average Bonchev–Trinajstić information content (AvgIpc) is 2.72. The minimum absolute atomic E-state index is 0.133. The van der Waals surface area contributed by atoms with E-state index in [1.807, 2.05) is 6.08 Å². The molecule has 2 saturated heterocycles. The first-order valence-corrected chi connectivity index (χ1v) is 8.69. The van der Waals surface area contributed by atoms with Gasteiger partial charge < -0.3 is 9.47 Å². The Morgan fingerprint density at radius 3 is 2.84 bits per heavy atom. The predicted molar refractivity (Wildman–Crippen MR) is 84.9 cm³/mol. The molecule has 2 aliphatic heterocycles. The van der Waals surface area contributed by atoms with Crippen LogP contribution in [0.1, 0.15) is 32.6 Å². The highest BCUT2D eigenvalue weighted by Crippen LogP contribution is 2.38. The van der Waals surface area contributed by atoms with Crippen LogP contribution in [0.25, 0.3) is 0 Å². The summed E-state index contributed by atoms with van der Waals surface area (Å²) in [5.41, 5.74) is 0. The number of ether oxygens (including phenoxy) is 2. The van der Waals surface area contributed by atoms with Crippen LogP contribution in [-0.4, -0.2) is 34.1 Å². The van der Waals surface area contributed by atoms with Crippen LogP contribution in [0.2, 0.25) is 0 Å². The molecule has 0 saturated carbocycles. The van der Waals surface area contributed by atoms with Crippen molar-refractivity contribution in [1.82, 2.24) is 0 Å². The first-order chi connectivity index (χ1) is 9.15. The predicted octanol–water partition coefficient (Wildman–Crippen LogP) is 3.82. The quantitative estimate of drug-likeness (QED) is 0.535. The third-order valence-electron chi connectivity index (χ3n) is 3.82. The average molecular weight is 392 g/mol. The zero-order chi connectivity index (χ0) is 13.8. The van der Waals surface area contributed by atoms with Gasteiger partial charge in [0.25, 0.3) is 0 Å². The fraction of sp³-hybridized carbons (Fsp3) is 0.733. The maximum atomic E-state index is 6.28. The van der Waals surface area contributed by atoms with Crippen LogP contribution in [0.15, 0.2) is 12.2 Å². The van der Waals surface area contributed by atoms with Gasteiger partial charge in [-0.25, -0.2) is 0 Å². The van der Waals surface area contributed by atoms with Gasteiger partial charge in [0, 0.05) is 16.1 Å². The Morgan fingerprint density at radius 2 is 2.16 bits per heavy atom. The lowest BCUT2D eigenvalue weighted by atomic mass is 10.1. The lowest BCUT2D eigenvalue weighted by molar-refractivity contribution is -0.0732. The summed E-state index contributed by atoms with van der Waals surface area (Å²) in [6.45, 7) is 2.18. The van der Waals surface area contributed by atoms with Crippen LogP contribution in [0, 0.1) is 12.3 Å². The second-order valence-electron chi connectivity index (χ2n) is 5.14. The zero-order valence-corrected chi connectivity index (χ0v) is 14.3. The van der Waals surface area contributed by atoms with Gasteiger partial charge in [-0.1, -0.05) is 50.8 Å². The first kappa shape index (κ1) is 15.6. The van der Waals surface area contributed by atoms with E-state index in [1.54, 1.807) is 6.08 Å². The molecule has 2 fully saturated rings. The molecule has 2 bridgehead atoms. The molecule has 2 heterocycles. The summed E-state index contributed by atoms with van der Waals surface area (Å²) in [4.78, 5) is 0.782. The molecule has 0 amide bonds. The second-order valence-corrected chi connectivity index (χ2v) is 7.49. The van der Waals surface area contributed by atoms with E-state index in [0.717, 1.165) is 25.7 Å². The number of hydrogen-bond donors (Lipinski definition) is 0. The van der Waals surface area contributed by atoms with E-state index >= 15 is 0 Å². The van der Waals surface area contributed by atoms with Crippen LogP contribution >= 0.6 is 31.9 Å². The van der Waals surface area contributed by atoms with Gasteiger partial charge in [-0.05, 0) is 25.3 Å². The number of alkyl halides is 2. The highest BCUT2D eigenvalue weighted by molar-refractivity contribution is 9.09. The van der Waals surface area contributed by atoms with E-state index in [9.17, 15) is 0 Å². The van der Waals surface area contributed by atoms with Crippen molar-refractivity contribution in [2.24, 2.45) is 0 Å². The van der Waals surface area contributed by atoms with Crippen molar-refractivity contribution in [2.45, 2.75) is 66.7 Å². The molecular formula is C15H20Br2O2. The Bertz CT molecular complexity index is 364. The molecule has 2 rings (SSSR count). The van der Waals surface area contributed by atoms with Gasteiger partial charge in [-0.15, -0.1) is 6.42 Å². The van der Waals surface area contributed by atoms with E-state index in [1.165, 1.54) is 0 Å². The molecule has 0 spiro atoms. The molecule has 0 aromatic heterocycles. The van der Waals surface area contributed by atoms with Crippen molar-refractivity contribution in [3.8, 4) is 12.3 Å². The smallest absolute Gasteiger partial charge is 0.0876 e. The van der Waals surface area contributed by atoms with E-state index in [0.29, 0.717) is 9.65 Å². The molecule has 19 heavy (non-hydrogen) atoms. The van der Waals surface area contributed by atoms with Gasteiger partial charge in [0.2, 0.25) is 0 Å². The molecule has 0 unspecified atom stereocenters. The number of allylic oxidation sites excluding steroid dienone is 1. The van der Waals surface area contributed by atoms with Gasteiger partial charge >= 0.3 is 0 Å². The lowest BCUT2D eigenvalue weighted by Crippen LogP contribution is -2.36. The van der Waals surface area contributed by atoms with Crippen LogP contribution in [-0.2, 0) is 9.47 Å². The van der Waals surface area contributed by atoms with E-state index in [4.69, 9.17) is 15.9 Å². The lowest BCUT2D eigenvalue weighted by Gasteiger charge is -2.30. The van der Waals surface area contributed by atoms with Gasteiger partial charge in [0.15, 0.2) is 0 Å². The fourth-order valence-electron chi connectivity index (χ4n) is 2.75. The summed E-state index contributed by atoms with van der Waals surface area (Å²) in [7, 11) is 0. The Hall–Kier alpha value is 0.180. The molecule has 0 aromatic carbocycles. The minimum Gasteiger partial charge on any atom is -0.371 e. The number of rotatable bonds is 4. The molecule has 0 aliphatic carbocycles. The van der Waals surface area contributed by atoms with Crippen molar-refractivity contribution in [1.29, 1.82) is 0 Å². The van der Waals surface area contributed by atoms with Crippen molar-refractivity contribution in [3.63, 3.8) is 0 Å². The molecule has 4 heteroatoms. The highest BCUT2D eigenvalue weighted by atomic mass is 79.9. The van der Waals surface area contributed by atoms with Crippen molar-refractivity contribution in [2.75, 3.05) is 0 Å². The van der Waals surface area contributed by atoms with Crippen LogP contribution < -0.4 is 0 Å². The topological polar surface area (TPSA) is 18.5 Å². The summed E-state index contributed by atoms with van der Waals surface area (Å²) in [6.07, 6.45) is 13.7. The van der Waals surface area contributed by atoms with Gasteiger partial charge in [0.05, 0.1) is 24.4 Å². The third kappa shape index (κ3) is 3.85. The largest absolute Gasteiger partial charge is 0.371 e. The number of terminal acetylenes is 1. The van der Waals surface area contributed by atoms with Crippen molar-refractivity contribution in [3.05, 3.63) is 12.2 Å². The molecule has 2 nitrogen and oxygen atoms in total. The Morgan fingerprint density at radius 1 is 1.37 bits per heavy atom. The van der Waals surface area contributed by atoms with Gasteiger partial charge in [-0.3, -0.25) is 0 Å². The number of hydrogen-bond acceptors (Lipinski definition) is 2. The molecule has 2 aliphatic rings. The zero-order valence-electron chi connectivity index (χ0n) is 11.1. The first-order valence-electron chi connectivity index (χ1n) is 6.85. The summed E-state index contributed by atoms with van der Waals surface area (Å²) < 4.78 is 12.4. The molecule has 0 radical (unpaired) electrons. The normalized spacial score (nSPS) is 40.0. The SMILES string of the molecule is C#C/C=C\C[C@@H]1O[C@H]2C[C@@H]1O[C@@H]([C@@H](Br)CC)C[C@H]2Br. The Labute approximate surface area is 132 Å². The van der Waals surface area contributed by atoms with Crippen LogP contribution in [0.5, 0.6) is 0 Å². The van der Waals surface area contributed by atoms with Crippen molar-refractivity contribution < 1.29 is 9.47 Å². The molecule has 0 N–H and O–H groups in total. The van der Waals surface area contributed by atoms with Crippen LogP contribution in [0.3, 0.4) is 0 Å². The maximum absolute atomic E-state index is 6.28. The summed E-state index contributed by atoms with van der Waals surface area (Å²) in [5, 5.41) is 0. The standard InChI is InChI=1S/C15H20Br2O2/c1-3-5-6-7-12-15-9-14(18-12)11(17)8-13(19-15)10(16)4-2/h1,5-6,10-15H,4,7-9H2,2H3/b6-5-/t10-,11+,12-,13+,14-,15-/m0/s1. The molecule has 6 atom stereocenters. The monoisotopic (exact) mass is 390 g/mol. The molecule has 0 aromatic rings. The minimum atomic E-state index is 0.133. The van der Waals surface area contributed by atoms with Crippen molar-refractivity contribution >= 4 is 31.9 Å². The van der Waals surface area contributed by atoms with E-state index in [-0.39, 0.29) is 24.4 Å². The molecule has 106 valence electrons. The second kappa shape index (κ2) is 7.26. The van der Waals surface area contributed by atoms with Gasteiger partial charge in [0.1, 0.15) is 0 Å². The number of halogens is 2. The molecular weight excluding hydrogens is 372 g/mol. The fourth-order valence-corrected chi connectivity index (χ4v) is 3.80. The summed E-state index contributed by atoms with van der Waals surface area (Å²) >= 11 is 7.49. The summed E-state index contributed by atoms with van der Waals surface area (Å²) in [6, 6.07) is 0. The van der Waals surface area contributed by atoms with E-state index in [2.05, 4.69) is 44.7 Å². The maximum Gasteiger partial charge on any atom is 0.0876 e. The Balaban J connectivity index is 2.02. The number of fused-ring (bicyclic) bond motifs is 2. The summed E-state index contributed by atoms with van der Waals surface area (Å²) in [5.74, 6) is 2.51.